The van der Waals surface area contributed by atoms with Crippen molar-refractivity contribution >= 4 is 23.0 Å². The zero-order valence-corrected chi connectivity index (χ0v) is 13.0. The average Bonchev–Trinajstić information content (AvgIpc) is 3.16. The number of amides is 1. The highest BCUT2D eigenvalue weighted by Crippen LogP contribution is 2.23. The normalized spacial score (nSPS) is 20.4. The van der Waals surface area contributed by atoms with Gasteiger partial charge in [-0.1, -0.05) is 6.07 Å². The largest absolute Gasteiger partial charge is 0.364 e. The number of nitrogens with one attached hydrogen (secondary N) is 2. The summed E-state index contributed by atoms with van der Waals surface area (Å²) in [5.41, 5.74) is 8.06. The number of carbonyl (C=O) groups excluding carboxylic acids is 1. The molecule has 2 atom stereocenters. The molecule has 1 amide bonds. The number of aryl methyl sites for hydroxylation is 1. The minimum Gasteiger partial charge on any atom is -0.364 e. The van der Waals surface area contributed by atoms with Crippen molar-refractivity contribution in [1.29, 1.82) is 0 Å². The highest BCUT2D eigenvalue weighted by atomic mass is 16.5. The smallest absolute Gasteiger partial charge is 0.253 e. The van der Waals surface area contributed by atoms with E-state index in [1.807, 2.05) is 37.5 Å². The number of benzene rings is 1. The molecule has 1 fully saturated rings. The number of anilines is 3. The van der Waals surface area contributed by atoms with E-state index in [9.17, 15) is 4.79 Å². The standard InChI is InChI=1S/C16H21N5O2/c1-21-10-13(9-18-21)19-11-3-2-4-12(7-11)20-16(22)15-6-5-14(8-17)23-15/h2-4,7,9-10,14-15,19H,5-6,8,17H2,1H3,(H,20,22)/t14-,15+/m1/s1. The Hall–Kier alpha value is -2.38. The van der Waals surface area contributed by atoms with Crippen LogP contribution in [0.25, 0.3) is 0 Å². The third kappa shape index (κ3) is 3.88. The van der Waals surface area contributed by atoms with Crippen molar-refractivity contribution in [3.05, 3.63) is 36.7 Å². The van der Waals surface area contributed by atoms with Crippen molar-refractivity contribution < 1.29 is 9.53 Å². The number of hydrogen-bond donors (Lipinski definition) is 3. The Bertz CT molecular complexity index is 685. The fourth-order valence-corrected chi connectivity index (χ4v) is 2.62. The summed E-state index contributed by atoms with van der Waals surface area (Å²) in [7, 11) is 1.86. The maximum absolute atomic E-state index is 12.2. The van der Waals surface area contributed by atoms with E-state index in [4.69, 9.17) is 10.5 Å². The third-order valence-corrected chi connectivity index (χ3v) is 3.79. The molecular formula is C16H21N5O2. The predicted octanol–water partition coefficient (Wildman–Crippen LogP) is 1.61. The fraction of sp³-hybridized carbons (Fsp3) is 0.375. The van der Waals surface area contributed by atoms with Crippen molar-refractivity contribution in [1.82, 2.24) is 9.78 Å². The molecule has 1 aromatic carbocycles. The van der Waals surface area contributed by atoms with Gasteiger partial charge in [-0.25, -0.2) is 0 Å². The van der Waals surface area contributed by atoms with Crippen molar-refractivity contribution in [2.24, 2.45) is 12.8 Å². The summed E-state index contributed by atoms with van der Waals surface area (Å²) in [6.45, 7) is 0.453. The van der Waals surface area contributed by atoms with Crippen LogP contribution in [0.2, 0.25) is 0 Å². The Balaban J connectivity index is 1.62. The first kappa shape index (κ1) is 15.5. The lowest BCUT2D eigenvalue weighted by molar-refractivity contribution is -0.126. The zero-order valence-electron chi connectivity index (χ0n) is 13.0. The molecule has 2 aromatic rings. The van der Waals surface area contributed by atoms with Gasteiger partial charge in [-0.15, -0.1) is 0 Å². The Kier molecular flexibility index (Phi) is 4.59. The molecule has 7 nitrogen and oxygen atoms in total. The molecule has 0 aliphatic carbocycles. The second-order valence-corrected chi connectivity index (χ2v) is 5.66. The first-order valence-electron chi connectivity index (χ1n) is 7.66. The van der Waals surface area contributed by atoms with Gasteiger partial charge in [-0.3, -0.25) is 9.48 Å². The van der Waals surface area contributed by atoms with Gasteiger partial charge in [0.2, 0.25) is 0 Å². The van der Waals surface area contributed by atoms with Crippen LogP contribution in [0.5, 0.6) is 0 Å². The maximum Gasteiger partial charge on any atom is 0.253 e. The van der Waals surface area contributed by atoms with Crippen LogP contribution in [0.3, 0.4) is 0 Å². The van der Waals surface area contributed by atoms with E-state index in [0.29, 0.717) is 13.0 Å². The van der Waals surface area contributed by atoms with E-state index >= 15 is 0 Å². The van der Waals surface area contributed by atoms with Crippen LogP contribution in [-0.4, -0.2) is 34.4 Å². The number of rotatable bonds is 5. The monoisotopic (exact) mass is 315 g/mol. The summed E-state index contributed by atoms with van der Waals surface area (Å²) in [4.78, 5) is 12.2. The number of ether oxygens (including phenoxy) is 1. The van der Waals surface area contributed by atoms with Gasteiger partial charge in [0.05, 0.1) is 18.0 Å². The van der Waals surface area contributed by atoms with Gasteiger partial charge >= 0.3 is 0 Å². The Labute approximate surface area is 134 Å². The first-order valence-corrected chi connectivity index (χ1v) is 7.66. The maximum atomic E-state index is 12.2. The molecule has 0 spiro atoms. The van der Waals surface area contributed by atoms with Gasteiger partial charge in [0, 0.05) is 31.2 Å². The summed E-state index contributed by atoms with van der Waals surface area (Å²) in [5, 5.41) is 10.2. The molecule has 4 N–H and O–H groups in total. The summed E-state index contributed by atoms with van der Waals surface area (Å²) >= 11 is 0. The molecule has 1 aliphatic heterocycles. The molecule has 2 heterocycles. The van der Waals surface area contributed by atoms with Crippen LogP contribution < -0.4 is 16.4 Å². The van der Waals surface area contributed by atoms with E-state index in [-0.39, 0.29) is 12.0 Å². The lowest BCUT2D eigenvalue weighted by atomic mass is 10.2. The quantitative estimate of drug-likeness (QED) is 0.779. The topological polar surface area (TPSA) is 94.2 Å². The third-order valence-electron chi connectivity index (χ3n) is 3.79. The van der Waals surface area contributed by atoms with Crippen molar-refractivity contribution in [2.75, 3.05) is 17.2 Å². The minimum absolute atomic E-state index is 0.00988. The van der Waals surface area contributed by atoms with Gasteiger partial charge in [0.25, 0.3) is 5.91 Å². The lowest BCUT2D eigenvalue weighted by Gasteiger charge is -2.13. The molecule has 7 heteroatoms. The van der Waals surface area contributed by atoms with Crippen LogP contribution in [0.1, 0.15) is 12.8 Å². The molecule has 122 valence electrons. The summed E-state index contributed by atoms with van der Waals surface area (Å²) in [6.07, 6.45) is 4.73. The molecule has 0 bridgehead atoms. The van der Waals surface area contributed by atoms with Crippen molar-refractivity contribution in [3.63, 3.8) is 0 Å². The van der Waals surface area contributed by atoms with E-state index in [0.717, 1.165) is 23.5 Å². The number of nitrogens with zero attached hydrogens (tertiary/aromatic N) is 2. The summed E-state index contributed by atoms with van der Waals surface area (Å²) < 4.78 is 7.33. The van der Waals surface area contributed by atoms with Gasteiger partial charge in [0.15, 0.2) is 0 Å². The predicted molar refractivity (Wildman–Crippen MR) is 88.5 cm³/mol. The number of carbonyl (C=O) groups is 1. The van der Waals surface area contributed by atoms with E-state index in [1.165, 1.54) is 0 Å². The molecule has 0 unspecified atom stereocenters. The van der Waals surface area contributed by atoms with E-state index in [1.54, 1.807) is 10.9 Å². The Morgan fingerprint density at radius 3 is 2.91 bits per heavy atom. The molecule has 3 rings (SSSR count). The molecular weight excluding hydrogens is 294 g/mol. The highest BCUT2D eigenvalue weighted by molar-refractivity contribution is 5.94. The average molecular weight is 315 g/mol. The van der Waals surface area contributed by atoms with Gasteiger partial charge in [-0.05, 0) is 31.0 Å². The molecule has 1 saturated heterocycles. The molecule has 0 saturated carbocycles. The number of nitrogens with two attached hydrogens (primary N) is 1. The molecule has 23 heavy (non-hydrogen) atoms. The van der Waals surface area contributed by atoms with Crippen LogP contribution >= 0.6 is 0 Å². The van der Waals surface area contributed by atoms with Crippen LogP contribution in [0.4, 0.5) is 17.1 Å². The number of aromatic nitrogens is 2. The SMILES string of the molecule is Cn1cc(Nc2cccc(NC(=O)[C@@H]3CC[C@H](CN)O3)c2)cn1. The second kappa shape index (κ2) is 6.80. The Morgan fingerprint density at radius 2 is 2.22 bits per heavy atom. The van der Waals surface area contributed by atoms with Crippen LogP contribution in [-0.2, 0) is 16.6 Å². The van der Waals surface area contributed by atoms with Crippen molar-refractivity contribution in [3.8, 4) is 0 Å². The molecule has 1 aromatic heterocycles. The van der Waals surface area contributed by atoms with E-state index in [2.05, 4.69) is 15.7 Å². The van der Waals surface area contributed by atoms with Gasteiger partial charge in [0.1, 0.15) is 6.10 Å². The summed E-state index contributed by atoms with van der Waals surface area (Å²) in [5.74, 6) is -0.125. The fourth-order valence-electron chi connectivity index (χ4n) is 2.62. The Morgan fingerprint density at radius 1 is 1.39 bits per heavy atom. The summed E-state index contributed by atoms with van der Waals surface area (Å²) in [6, 6.07) is 7.54. The zero-order chi connectivity index (χ0) is 16.2. The van der Waals surface area contributed by atoms with Crippen molar-refractivity contribution in [2.45, 2.75) is 25.0 Å². The lowest BCUT2D eigenvalue weighted by Crippen LogP contribution is -2.29. The van der Waals surface area contributed by atoms with Crippen LogP contribution in [0.15, 0.2) is 36.7 Å². The minimum atomic E-state index is -0.418. The van der Waals surface area contributed by atoms with Gasteiger partial charge in [-0.2, -0.15) is 5.10 Å². The van der Waals surface area contributed by atoms with Gasteiger partial charge < -0.3 is 21.1 Å². The number of hydrogen-bond acceptors (Lipinski definition) is 5. The molecule has 0 radical (unpaired) electrons. The highest BCUT2D eigenvalue weighted by Gasteiger charge is 2.29. The second-order valence-electron chi connectivity index (χ2n) is 5.66. The van der Waals surface area contributed by atoms with E-state index < -0.39 is 6.10 Å². The first-order chi connectivity index (χ1) is 11.1. The van der Waals surface area contributed by atoms with Crippen LogP contribution in [0, 0.1) is 0 Å². The molecule has 1 aliphatic rings.